The molecule has 1 heterocycles. The van der Waals surface area contributed by atoms with Gasteiger partial charge >= 0.3 is 0 Å². The van der Waals surface area contributed by atoms with Crippen LogP contribution in [-0.4, -0.2) is 27.7 Å². The molecule has 21 heavy (non-hydrogen) atoms. The van der Waals surface area contributed by atoms with Crippen molar-refractivity contribution in [2.24, 2.45) is 5.10 Å². The highest BCUT2D eigenvalue weighted by atomic mass is 32.1. The minimum Gasteiger partial charge on any atom is -0.494 e. The van der Waals surface area contributed by atoms with Crippen LogP contribution < -0.4 is 10.3 Å². The third-order valence-corrected chi connectivity index (χ3v) is 2.95. The third kappa shape index (κ3) is 4.35. The summed E-state index contributed by atoms with van der Waals surface area (Å²) in [5, 5.41) is 10.2. The molecule has 0 saturated heterocycles. The van der Waals surface area contributed by atoms with E-state index in [1.54, 1.807) is 6.21 Å². The molecule has 110 valence electrons. The Balaban J connectivity index is 2.16. The average Bonchev–Trinajstić information content (AvgIpc) is 2.47. The van der Waals surface area contributed by atoms with Crippen LogP contribution in [0.5, 0.6) is 5.75 Å². The molecule has 7 heteroatoms. The van der Waals surface area contributed by atoms with Crippen LogP contribution in [0.1, 0.15) is 25.3 Å². The number of nitrogens with zero attached hydrogens (tertiary/aromatic N) is 3. The van der Waals surface area contributed by atoms with Crippen LogP contribution in [-0.2, 0) is 0 Å². The van der Waals surface area contributed by atoms with Crippen LogP contribution in [0.15, 0.2) is 40.4 Å². The van der Waals surface area contributed by atoms with Crippen molar-refractivity contribution in [2.75, 3.05) is 6.61 Å². The van der Waals surface area contributed by atoms with Crippen LogP contribution in [0.25, 0.3) is 0 Å². The van der Waals surface area contributed by atoms with Crippen molar-refractivity contribution in [1.82, 2.24) is 14.9 Å². The van der Waals surface area contributed by atoms with Gasteiger partial charge in [0.1, 0.15) is 11.9 Å². The molecule has 2 rings (SSSR count). The van der Waals surface area contributed by atoms with E-state index in [4.69, 9.17) is 17.0 Å². The van der Waals surface area contributed by atoms with Gasteiger partial charge in [0, 0.05) is 0 Å². The van der Waals surface area contributed by atoms with Gasteiger partial charge in [-0.25, -0.2) is 0 Å². The first-order valence-corrected chi connectivity index (χ1v) is 7.05. The van der Waals surface area contributed by atoms with Gasteiger partial charge < -0.3 is 4.74 Å². The first-order chi connectivity index (χ1) is 10.2. The molecule has 0 bridgehead atoms. The Kier molecular flexibility index (Phi) is 5.39. The second-order valence-electron chi connectivity index (χ2n) is 4.34. The van der Waals surface area contributed by atoms with Crippen molar-refractivity contribution in [3.8, 4) is 5.75 Å². The summed E-state index contributed by atoms with van der Waals surface area (Å²) in [6.07, 6.45) is 4.78. The van der Waals surface area contributed by atoms with Gasteiger partial charge in [0.15, 0.2) is 0 Å². The van der Waals surface area contributed by atoms with Crippen molar-refractivity contribution in [1.29, 1.82) is 0 Å². The topological polar surface area (TPSA) is 72.3 Å². The molecule has 0 spiro atoms. The average molecular weight is 304 g/mol. The number of nitrogens with one attached hydrogen (secondary N) is 1. The molecule has 1 aromatic heterocycles. The van der Waals surface area contributed by atoms with E-state index in [1.165, 1.54) is 0 Å². The first kappa shape index (κ1) is 15.1. The highest BCUT2D eigenvalue weighted by molar-refractivity contribution is 7.71. The minimum absolute atomic E-state index is 0.147. The molecular weight excluding hydrogens is 288 g/mol. The molecule has 0 aliphatic carbocycles. The van der Waals surface area contributed by atoms with Gasteiger partial charge in [0.05, 0.1) is 12.8 Å². The number of H-pyrrole nitrogens is 1. The van der Waals surface area contributed by atoms with Gasteiger partial charge in [0.2, 0.25) is 4.77 Å². The molecule has 0 saturated carbocycles. The molecule has 1 aromatic carbocycles. The molecule has 6 nitrogen and oxygen atoms in total. The Morgan fingerprint density at radius 3 is 3.14 bits per heavy atom. The number of ether oxygens (including phenoxy) is 1. The van der Waals surface area contributed by atoms with Crippen molar-refractivity contribution in [3.05, 3.63) is 51.2 Å². The fourth-order valence-corrected chi connectivity index (χ4v) is 1.79. The fraction of sp³-hybridized carbons (Fsp3) is 0.286. The Bertz CT molecular complexity index is 708. The second kappa shape index (κ2) is 7.49. The van der Waals surface area contributed by atoms with Crippen LogP contribution in [0, 0.1) is 4.77 Å². The summed E-state index contributed by atoms with van der Waals surface area (Å²) in [6, 6.07) is 7.49. The number of unbranched alkanes of at least 4 members (excludes halogenated alkanes) is 1. The maximum Gasteiger partial charge on any atom is 0.293 e. The molecule has 2 aromatic rings. The molecule has 0 radical (unpaired) electrons. The molecule has 1 N–H and O–H groups in total. The zero-order chi connectivity index (χ0) is 15.1. The summed E-state index contributed by atoms with van der Waals surface area (Å²) in [7, 11) is 0. The standard InChI is InChI=1S/C14H16N4O2S/c1-2-3-7-20-12-6-4-5-11(8-12)9-16-18-13(19)10-15-17-14(18)21/h4-6,8-10H,2-3,7H2,1H3,(H,17,21)/b16-9-. The summed E-state index contributed by atoms with van der Waals surface area (Å²) < 4.78 is 6.84. The van der Waals surface area contributed by atoms with E-state index in [9.17, 15) is 4.79 Å². The molecule has 0 fully saturated rings. The largest absolute Gasteiger partial charge is 0.494 e. The Morgan fingerprint density at radius 1 is 1.52 bits per heavy atom. The van der Waals surface area contributed by atoms with E-state index in [0.717, 1.165) is 35.0 Å². The zero-order valence-corrected chi connectivity index (χ0v) is 12.5. The van der Waals surface area contributed by atoms with Gasteiger partial charge in [-0.1, -0.05) is 25.5 Å². The smallest absolute Gasteiger partial charge is 0.293 e. The Morgan fingerprint density at radius 2 is 2.38 bits per heavy atom. The summed E-state index contributed by atoms with van der Waals surface area (Å²) >= 11 is 4.96. The number of aromatic nitrogens is 3. The quantitative estimate of drug-likeness (QED) is 0.505. The molecule has 0 aliphatic rings. The van der Waals surface area contributed by atoms with E-state index in [-0.39, 0.29) is 10.3 Å². The van der Waals surface area contributed by atoms with E-state index >= 15 is 0 Å². The number of rotatable bonds is 6. The molecule has 0 aliphatic heterocycles. The summed E-state index contributed by atoms with van der Waals surface area (Å²) in [5.41, 5.74) is 0.437. The lowest BCUT2D eigenvalue weighted by Crippen LogP contribution is -2.18. The maximum absolute atomic E-state index is 11.6. The molecule has 0 amide bonds. The molecule has 0 atom stereocenters. The lowest BCUT2D eigenvalue weighted by molar-refractivity contribution is 0.309. The maximum atomic E-state index is 11.6. The number of hydrogen-bond acceptors (Lipinski definition) is 5. The number of benzene rings is 1. The normalized spacial score (nSPS) is 10.9. The van der Waals surface area contributed by atoms with Crippen LogP contribution >= 0.6 is 12.2 Å². The van der Waals surface area contributed by atoms with Crippen LogP contribution in [0.3, 0.4) is 0 Å². The summed E-state index contributed by atoms with van der Waals surface area (Å²) in [5.74, 6) is 0.777. The van der Waals surface area contributed by atoms with Crippen molar-refractivity contribution in [3.63, 3.8) is 0 Å². The molecule has 0 unspecified atom stereocenters. The molecular formula is C14H16N4O2S. The lowest BCUT2D eigenvalue weighted by Gasteiger charge is -2.05. The SMILES string of the molecule is CCCCOc1cccc(/C=N\n2c(=O)cn[nH]c2=S)c1. The van der Waals surface area contributed by atoms with Gasteiger partial charge in [-0.05, 0) is 36.3 Å². The summed E-state index contributed by atoms with van der Waals surface area (Å²) in [6.45, 7) is 2.80. The zero-order valence-electron chi connectivity index (χ0n) is 11.7. The van der Waals surface area contributed by atoms with Crippen molar-refractivity contribution >= 4 is 18.4 Å². The van der Waals surface area contributed by atoms with Gasteiger partial charge in [-0.2, -0.15) is 14.9 Å². The Hall–Kier alpha value is -2.28. The third-order valence-electron chi connectivity index (χ3n) is 2.68. The summed E-state index contributed by atoms with van der Waals surface area (Å²) in [4.78, 5) is 11.6. The minimum atomic E-state index is -0.384. The van der Waals surface area contributed by atoms with Gasteiger partial charge in [-0.3, -0.25) is 9.89 Å². The fourth-order valence-electron chi connectivity index (χ4n) is 1.60. The highest BCUT2D eigenvalue weighted by Crippen LogP contribution is 2.12. The second-order valence-corrected chi connectivity index (χ2v) is 4.73. The van der Waals surface area contributed by atoms with E-state index in [2.05, 4.69) is 22.2 Å². The monoisotopic (exact) mass is 304 g/mol. The number of aromatic amines is 1. The van der Waals surface area contributed by atoms with E-state index in [0.29, 0.717) is 6.61 Å². The van der Waals surface area contributed by atoms with Gasteiger partial charge in [0.25, 0.3) is 5.56 Å². The van der Waals surface area contributed by atoms with E-state index < -0.39 is 0 Å². The predicted molar refractivity (Wildman–Crippen MR) is 83.5 cm³/mol. The predicted octanol–water partition coefficient (Wildman–Crippen LogP) is 2.36. The lowest BCUT2D eigenvalue weighted by atomic mass is 10.2. The number of hydrogen-bond donors (Lipinski definition) is 1. The van der Waals surface area contributed by atoms with Gasteiger partial charge in [-0.15, -0.1) is 0 Å². The van der Waals surface area contributed by atoms with Crippen LogP contribution in [0.4, 0.5) is 0 Å². The van der Waals surface area contributed by atoms with Crippen molar-refractivity contribution in [2.45, 2.75) is 19.8 Å². The Labute approximate surface area is 127 Å². The van der Waals surface area contributed by atoms with Crippen molar-refractivity contribution < 1.29 is 4.74 Å². The van der Waals surface area contributed by atoms with Crippen LogP contribution in [0.2, 0.25) is 0 Å². The van der Waals surface area contributed by atoms with E-state index in [1.807, 2.05) is 24.3 Å². The highest BCUT2D eigenvalue weighted by Gasteiger charge is 1.97. The first-order valence-electron chi connectivity index (χ1n) is 6.64.